The van der Waals surface area contributed by atoms with Crippen LogP contribution in [0.5, 0.6) is 11.5 Å². The molecule has 0 amide bonds. The molecule has 3 heterocycles. The molecule has 6 heteroatoms. The summed E-state index contributed by atoms with van der Waals surface area (Å²) in [5, 5.41) is 0. The van der Waals surface area contributed by atoms with Crippen molar-refractivity contribution in [1.82, 2.24) is 14.5 Å². The lowest BCUT2D eigenvalue weighted by Gasteiger charge is -2.39. The molecule has 6 nitrogen and oxygen atoms in total. The zero-order chi connectivity index (χ0) is 18.5. The van der Waals surface area contributed by atoms with Crippen molar-refractivity contribution in [1.29, 1.82) is 0 Å². The van der Waals surface area contributed by atoms with Gasteiger partial charge >= 0.3 is 0 Å². The Bertz CT molecular complexity index is 726. The van der Waals surface area contributed by atoms with Crippen LogP contribution < -0.4 is 9.47 Å². The van der Waals surface area contributed by atoms with Crippen LogP contribution in [0.15, 0.2) is 36.9 Å². The van der Waals surface area contributed by atoms with Gasteiger partial charge in [0.15, 0.2) is 11.5 Å². The maximum absolute atomic E-state index is 6.17. The Morgan fingerprint density at radius 3 is 3.04 bits per heavy atom. The average Bonchev–Trinajstić information content (AvgIpc) is 3.35. The fourth-order valence-electron chi connectivity index (χ4n) is 4.34. The van der Waals surface area contributed by atoms with Gasteiger partial charge in [0.05, 0.1) is 26.6 Å². The van der Waals surface area contributed by atoms with Crippen LogP contribution in [-0.4, -0.2) is 54.5 Å². The maximum Gasteiger partial charge on any atom is 0.165 e. The lowest BCUT2D eigenvalue weighted by atomic mass is 9.79. The summed E-state index contributed by atoms with van der Waals surface area (Å²) < 4.78 is 19.5. The molecule has 0 unspecified atom stereocenters. The molecular weight excluding hydrogens is 342 g/mol. The number of hydrogen-bond donors (Lipinski definition) is 0. The topological polar surface area (TPSA) is 48.8 Å². The Morgan fingerprint density at radius 1 is 1.30 bits per heavy atom. The molecule has 0 bridgehead atoms. The first-order chi connectivity index (χ1) is 13.3. The van der Waals surface area contributed by atoms with Crippen LogP contribution in [-0.2, 0) is 17.8 Å². The largest absolute Gasteiger partial charge is 0.493 e. The van der Waals surface area contributed by atoms with E-state index in [2.05, 4.69) is 22.0 Å². The molecule has 0 radical (unpaired) electrons. The smallest absolute Gasteiger partial charge is 0.165 e. The predicted molar refractivity (Wildman–Crippen MR) is 103 cm³/mol. The Hall–Kier alpha value is -2.05. The molecule has 0 aliphatic carbocycles. The van der Waals surface area contributed by atoms with Gasteiger partial charge < -0.3 is 18.8 Å². The third-order valence-corrected chi connectivity index (χ3v) is 5.75. The van der Waals surface area contributed by atoms with Crippen LogP contribution >= 0.6 is 0 Å². The van der Waals surface area contributed by atoms with Crippen LogP contribution in [0.25, 0.3) is 0 Å². The first-order valence-electron chi connectivity index (χ1n) is 9.83. The van der Waals surface area contributed by atoms with E-state index in [0.29, 0.717) is 12.0 Å². The maximum atomic E-state index is 6.17. The van der Waals surface area contributed by atoms with Gasteiger partial charge in [0.1, 0.15) is 6.61 Å². The summed E-state index contributed by atoms with van der Waals surface area (Å²) in [7, 11) is 1.70. The number of methoxy groups -OCH3 is 1. The summed E-state index contributed by atoms with van der Waals surface area (Å²) in [6.45, 7) is 6.31. The fraction of sp³-hybridized carbons (Fsp3) is 0.571. The molecule has 27 heavy (non-hydrogen) atoms. The van der Waals surface area contributed by atoms with E-state index in [4.69, 9.17) is 14.2 Å². The van der Waals surface area contributed by atoms with Crippen molar-refractivity contribution in [3.05, 3.63) is 42.5 Å². The second-order valence-corrected chi connectivity index (χ2v) is 7.71. The first kappa shape index (κ1) is 18.3. The predicted octanol–water partition coefficient (Wildman–Crippen LogP) is 2.97. The summed E-state index contributed by atoms with van der Waals surface area (Å²) in [6, 6.07) is 6.18. The molecule has 1 aromatic heterocycles. The van der Waals surface area contributed by atoms with Gasteiger partial charge in [-0.2, -0.15) is 0 Å². The number of nitrogens with zero attached hydrogens (tertiary/aromatic N) is 3. The summed E-state index contributed by atoms with van der Waals surface area (Å²) in [6.07, 6.45) is 9.26. The molecule has 146 valence electrons. The van der Waals surface area contributed by atoms with Crippen molar-refractivity contribution in [3.63, 3.8) is 0 Å². The molecule has 1 atom stereocenters. The third-order valence-electron chi connectivity index (χ3n) is 5.75. The van der Waals surface area contributed by atoms with E-state index < -0.39 is 0 Å². The standard InChI is InChI=1S/C21H29N3O3/c1-25-19-5-2-4-18(20(19)27-13-11-23-10-8-22-17-23)14-24-9-3-6-21(15-24)7-12-26-16-21/h2,4-5,8,10,17H,3,6-7,9,11-16H2,1H3/t21-/m1/s1. The van der Waals surface area contributed by atoms with Gasteiger partial charge in [0, 0.05) is 43.1 Å². The SMILES string of the molecule is COc1cccc(CN2CCC[C@@]3(CCOC3)C2)c1OCCn1ccnc1. The lowest BCUT2D eigenvalue weighted by Crippen LogP contribution is -2.43. The van der Waals surface area contributed by atoms with E-state index in [-0.39, 0.29) is 0 Å². The molecule has 1 aromatic carbocycles. The molecule has 0 N–H and O–H groups in total. The van der Waals surface area contributed by atoms with Gasteiger partial charge in [-0.15, -0.1) is 0 Å². The van der Waals surface area contributed by atoms with E-state index in [1.165, 1.54) is 24.8 Å². The lowest BCUT2D eigenvalue weighted by molar-refractivity contribution is 0.0639. The first-order valence-corrected chi connectivity index (χ1v) is 9.83. The number of benzene rings is 1. The summed E-state index contributed by atoms with van der Waals surface area (Å²) in [4.78, 5) is 6.63. The van der Waals surface area contributed by atoms with Crippen molar-refractivity contribution in [2.75, 3.05) is 40.0 Å². The summed E-state index contributed by atoms with van der Waals surface area (Å²) in [5.74, 6) is 1.66. The fourth-order valence-corrected chi connectivity index (χ4v) is 4.34. The van der Waals surface area contributed by atoms with E-state index in [9.17, 15) is 0 Å². The zero-order valence-corrected chi connectivity index (χ0v) is 16.1. The molecule has 2 saturated heterocycles. The van der Waals surface area contributed by atoms with Gasteiger partial charge in [-0.1, -0.05) is 12.1 Å². The number of para-hydroxylation sites is 1. The number of aromatic nitrogens is 2. The van der Waals surface area contributed by atoms with Gasteiger partial charge in [0.2, 0.25) is 0 Å². The van der Waals surface area contributed by atoms with Gasteiger partial charge in [-0.3, -0.25) is 4.90 Å². The van der Waals surface area contributed by atoms with Gasteiger partial charge in [-0.05, 0) is 31.9 Å². The molecule has 2 aromatic rings. The highest BCUT2D eigenvalue weighted by atomic mass is 16.5. The zero-order valence-electron chi connectivity index (χ0n) is 16.1. The van der Waals surface area contributed by atoms with Crippen LogP contribution in [0.1, 0.15) is 24.8 Å². The summed E-state index contributed by atoms with van der Waals surface area (Å²) >= 11 is 0. The highest BCUT2D eigenvalue weighted by Crippen LogP contribution is 2.39. The van der Waals surface area contributed by atoms with Crippen molar-refractivity contribution < 1.29 is 14.2 Å². The van der Waals surface area contributed by atoms with E-state index in [1.807, 2.05) is 23.2 Å². The minimum absolute atomic E-state index is 0.361. The quantitative estimate of drug-likeness (QED) is 0.749. The number of ether oxygens (including phenoxy) is 3. The number of rotatable bonds is 7. The van der Waals surface area contributed by atoms with Crippen molar-refractivity contribution in [2.24, 2.45) is 5.41 Å². The highest BCUT2D eigenvalue weighted by Gasteiger charge is 2.38. The van der Waals surface area contributed by atoms with E-state index in [0.717, 1.165) is 50.9 Å². The molecule has 0 saturated carbocycles. The van der Waals surface area contributed by atoms with Crippen LogP contribution in [0, 0.1) is 5.41 Å². The van der Waals surface area contributed by atoms with Gasteiger partial charge in [0.25, 0.3) is 0 Å². The Labute approximate surface area is 161 Å². The number of hydrogen-bond acceptors (Lipinski definition) is 5. The van der Waals surface area contributed by atoms with Crippen molar-refractivity contribution in [2.45, 2.75) is 32.4 Å². The van der Waals surface area contributed by atoms with E-state index >= 15 is 0 Å². The molecule has 2 aliphatic heterocycles. The second-order valence-electron chi connectivity index (χ2n) is 7.71. The minimum atomic E-state index is 0.361. The Kier molecular flexibility index (Phi) is 5.64. The van der Waals surface area contributed by atoms with Crippen LogP contribution in [0.3, 0.4) is 0 Å². The van der Waals surface area contributed by atoms with Gasteiger partial charge in [-0.25, -0.2) is 4.98 Å². The molecule has 2 aliphatic rings. The monoisotopic (exact) mass is 371 g/mol. The molecule has 4 rings (SSSR count). The molecule has 1 spiro atoms. The van der Waals surface area contributed by atoms with Crippen molar-refractivity contribution >= 4 is 0 Å². The number of likely N-dealkylation sites (tertiary alicyclic amines) is 1. The minimum Gasteiger partial charge on any atom is -0.493 e. The Balaban J connectivity index is 1.44. The average molecular weight is 371 g/mol. The number of imidazole rings is 1. The Morgan fingerprint density at radius 2 is 2.26 bits per heavy atom. The third kappa shape index (κ3) is 4.28. The van der Waals surface area contributed by atoms with Crippen molar-refractivity contribution in [3.8, 4) is 11.5 Å². The van der Waals surface area contributed by atoms with E-state index in [1.54, 1.807) is 13.3 Å². The molecular formula is C21H29N3O3. The van der Waals surface area contributed by atoms with Crippen LogP contribution in [0.4, 0.5) is 0 Å². The summed E-state index contributed by atoms with van der Waals surface area (Å²) in [5.41, 5.74) is 1.55. The second kappa shape index (κ2) is 8.31. The van der Waals surface area contributed by atoms with Crippen LogP contribution in [0.2, 0.25) is 0 Å². The molecule has 2 fully saturated rings. The number of piperidine rings is 1. The normalized spacial score (nSPS) is 23.0. The highest BCUT2D eigenvalue weighted by molar-refractivity contribution is 5.46.